The van der Waals surface area contributed by atoms with Crippen molar-refractivity contribution < 1.29 is 0 Å². The van der Waals surface area contributed by atoms with Crippen LogP contribution in [0, 0.1) is 35.5 Å². The van der Waals surface area contributed by atoms with Crippen LogP contribution in [0.3, 0.4) is 0 Å². The summed E-state index contributed by atoms with van der Waals surface area (Å²) in [5.41, 5.74) is 17.7. The van der Waals surface area contributed by atoms with Gasteiger partial charge in [-0.05, 0) is 85.1 Å². The third kappa shape index (κ3) is 1.10. The highest BCUT2D eigenvalue weighted by Crippen LogP contribution is 2.74. The Bertz CT molecular complexity index is 469. The molecule has 0 atom stereocenters. The molecule has 0 heterocycles. The Morgan fingerprint density at radius 3 is 1.05 bits per heavy atom. The number of nitrogens with zero attached hydrogens (tertiary/aromatic N) is 6. The number of hydrogen-bond acceptors (Lipinski definition) is 2. The molecule has 0 unspecified atom stereocenters. The molecule has 6 heteroatoms. The molecule has 7 aliphatic carbocycles. The predicted molar refractivity (Wildman–Crippen MR) is 72.4 cm³/mol. The van der Waals surface area contributed by atoms with Gasteiger partial charge in [0.1, 0.15) is 0 Å². The van der Waals surface area contributed by atoms with Gasteiger partial charge in [0.2, 0.25) is 0 Å². The first-order valence-corrected chi connectivity index (χ1v) is 7.82. The van der Waals surface area contributed by atoms with Gasteiger partial charge in [0.05, 0.1) is 0 Å². The lowest BCUT2D eigenvalue weighted by molar-refractivity contribution is -0.214. The van der Waals surface area contributed by atoms with E-state index in [0.29, 0.717) is 0 Å². The zero-order chi connectivity index (χ0) is 13.5. The van der Waals surface area contributed by atoms with E-state index in [1.807, 2.05) is 0 Å². The Morgan fingerprint density at radius 2 is 0.850 bits per heavy atom. The zero-order valence-electron chi connectivity index (χ0n) is 11.4. The lowest BCUT2D eigenvalue weighted by Gasteiger charge is -2.73. The van der Waals surface area contributed by atoms with Crippen molar-refractivity contribution >= 4 is 0 Å². The van der Waals surface area contributed by atoms with Crippen LogP contribution >= 0.6 is 0 Å². The summed E-state index contributed by atoms with van der Waals surface area (Å²) in [5.74, 6) is 4.40. The van der Waals surface area contributed by atoms with Gasteiger partial charge < -0.3 is 0 Å². The fraction of sp³-hybridized carbons (Fsp3) is 1.00. The van der Waals surface area contributed by atoms with E-state index < -0.39 is 0 Å². The van der Waals surface area contributed by atoms with E-state index in [-0.39, 0.29) is 11.1 Å². The second-order valence-electron chi connectivity index (χ2n) is 8.04. The Labute approximate surface area is 117 Å². The van der Waals surface area contributed by atoms with Gasteiger partial charge in [-0.25, -0.2) is 0 Å². The Hall–Kier alpha value is -1.38. The topological polar surface area (TPSA) is 97.5 Å². The molecule has 0 amide bonds. The molecule has 0 spiro atoms. The molecule has 0 aliphatic heterocycles. The molecule has 0 N–H and O–H groups in total. The Balaban J connectivity index is 1.61. The molecule has 104 valence electrons. The molecular weight excluding hydrogens is 252 g/mol. The fourth-order valence-electron chi connectivity index (χ4n) is 7.29. The molecule has 0 aromatic carbocycles. The van der Waals surface area contributed by atoms with Crippen LogP contribution in [0.5, 0.6) is 0 Å². The first kappa shape index (κ1) is 11.3. The summed E-state index contributed by atoms with van der Waals surface area (Å²) in [7, 11) is 0. The van der Waals surface area contributed by atoms with Crippen LogP contribution in [0.2, 0.25) is 0 Å². The average molecular weight is 270 g/mol. The summed E-state index contributed by atoms with van der Waals surface area (Å²) in [6.07, 6.45) is 6.57. The zero-order valence-corrected chi connectivity index (χ0v) is 11.4. The molecule has 0 aromatic rings. The van der Waals surface area contributed by atoms with Gasteiger partial charge in [0, 0.05) is 20.9 Å². The maximum absolute atomic E-state index is 8.92. The van der Waals surface area contributed by atoms with Crippen molar-refractivity contribution in [2.45, 2.75) is 49.6 Å². The summed E-state index contributed by atoms with van der Waals surface area (Å²) >= 11 is 0. The number of hydrogen-bond donors (Lipinski definition) is 0. The van der Waals surface area contributed by atoms with Crippen LogP contribution < -0.4 is 0 Å². The molecular formula is C14H18N6. The number of azide groups is 2. The van der Waals surface area contributed by atoms with Gasteiger partial charge in [-0.3, -0.25) is 0 Å². The molecule has 20 heavy (non-hydrogen) atoms. The van der Waals surface area contributed by atoms with Gasteiger partial charge in [-0.2, -0.15) is 0 Å². The maximum Gasteiger partial charge on any atom is 0.0496 e. The third-order valence-corrected chi connectivity index (χ3v) is 7.51. The van der Waals surface area contributed by atoms with Crippen LogP contribution in [-0.4, -0.2) is 11.1 Å². The molecule has 0 radical (unpaired) electrons. The predicted octanol–water partition coefficient (Wildman–Crippen LogP) is 4.19. The molecule has 7 saturated carbocycles. The van der Waals surface area contributed by atoms with Gasteiger partial charge in [0.25, 0.3) is 0 Å². The van der Waals surface area contributed by atoms with Gasteiger partial charge >= 0.3 is 0 Å². The van der Waals surface area contributed by atoms with Crippen LogP contribution in [0.15, 0.2) is 10.2 Å². The third-order valence-electron chi connectivity index (χ3n) is 7.51. The average Bonchev–Trinajstić information content (AvgIpc) is 2.44. The van der Waals surface area contributed by atoms with Crippen molar-refractivity contribution in [2.75, 3.05) is 0 Å². The van der Waals surface area contributed by atoms with Crippen molar-refractivity contribution in [3.63, 3.8) is 0 Å². The first-order valence-electron chi connectivity index (χ1n) is 7.82. The normalized spacial score (nSPS) is 60.2. The highest BCUT2D eigenvalue weighted by Gasteiger charge is 2.70. The summed E-state index contributed by atoms with van der Waals surface area (Å²) in [4.78, 5) is 6.32. The minimum atomic E-state index is -0.0614. The number of rotatable bonds is 2. The Kier molecular flexibility index (Phi) is 1.84. The van der Waals surface area contributed by atoms with Gasteiger partial charge in [-0.1, -0.05) is 10.2 Å². The van der Waals surface area contributed by atoms with E-state index in [4.69, 9.17) is 11.1 Å². The molecule has 0 aromatic heterocycles. The molecule has 7 fully saturated rings. The molecule has 0 saturated heterocycles. The molecule has 8 bridgehead atoms. The van der Waals surface area contributed by atoms with Crippen LogP contribution in [0.4, 0.5) is 0 Å². The van der Waals surface area contributed by atoms with E-state index in [1.54, 1.807) is 0 Å². The lowest BCUT2D eigenvalue weighted by Crippen LogP contribution is -2.70. The second-order valence-corrected chi connectivity index (χ2v) is 8.04. The highest BCUT2D eigenvalue weighted by molar-refractivity contribution is 5.23. The smallest absolute Gasteiger partial charge is 0.0496 e. The largest absolute Gasteiger partial charge is 0.0872 e. The minimum Gasteiger partial charge on any atom is -0.0872 e. The van der Waals surface area contributed by atoms with E-state index in [1.165, 1.54) is 0 Å². The Morgan fingerprint density at radius 1 is 0.600 bits per heavy atom. The SMILES string of the molecule is [N-]=[N+]=NC12CC3C4CC5(N=[N+]=[N-])CC3C(C1)C(C5)C4C2. The summed E-state index contributed by atoms with van der Waals surface area (Å²) in [6, 6.07) is 0. The quantitative estimate of drug-likeness (QED) is 0.408. The van der Waals surface area contributed by atoms with Crippen molar-refractivity contribution in [3.05, 3.63) is 20.9 Å². The maximum atomic E-state index is 8.92. The first-order chi connectivity index (χ1) is 9.69. The lowest BCUT2D eigenvalue weighted by atomic mass is 9.33. The van der Waals surface area contributed by atoms with E-state index in [0.717, 1.165) is 74.0 Å². The summed E-state index contributed by atoms with van der Waals surface area (Å²) < 4.78 is 0. The van der Waals surface area contributed by atoms with Crippen molar-refractivity contribution in [1.29, 1.82) is 0 Å². The fourth-order valence-corrected chi connectivity index (χ4v) is 7.29. The molecule has 6 nitrogen and oxygen atoms in total. The monoisotopic (exact) mass is 270 g/mol. The van der Waals surface area contributed by atoms with Gasteiger partial charge in [-0.15, -0.1) is 0 Å². The van der Waals surface area contributed by atoms with Crippen LogP contribution in [0.25, 0.3) is 20.9 Å². The van der Waals surface area contributed by atoms with Crippen LogP contribution in [0.1, 0.15) is 38.5 Å². The van der Waals surface area contributed by atoms with Crippen LogP contribution in [-0.2, 0) is 0 Å². The summed E-state index contributed by atoms with van der Waals surface area (Å²) in [5, 5.41) is 8.49. The standard InChI is InChI=1S/C14H18N6/c15-19-17-13-1-7-8-4-14(18-20-16)5-9(7)11(3-13)12(6-14)10(8)2-13/h7-12H,1-6H2. The second kappa shape index (κ2) is 3.26. The van der Waals surface area contributed by atoms with Gasteiger partial charge in [0.15, 0.2) is 0 Å². The molecule has 7 rings (SSSR count). The van der Waals surface area contributed by atoms with E-state index in [2.05, 4.69) is 20.1 Å². The van der Waals surface area contributed by atoms with Crippen molar-refractivity contribution in [1.82, 2.24) is 0 Å². The highest BCUT2D eigenvalue weighted by atomic mass is 15.2. The van der Waals surface area contributed by atoms with Crippen molar-refractivity contribution in [3.8, 4) is 0 Å². The summed E-state index contributed by atoms with van der Waals surface area (Å²) in [6.45, 7) is 0. The van der Waals surface area contributed by atoms with Crippen molar-refractivity contribution in [2.24, 2.45) is 45.7 Å². The molecule has 7 aliphatic rings. The van der Waals surface area contributed by atoms with E-state index in [9.17, 15) is 0 Å². The van der Waals surface area contributed by atoms with E-state index >= 15 is 0 Å². The minimum absolute atomic E-state index is 0.0614.